The van der Waals surface area contributed by atoms with Crippen LogP contribution in [-0.4, -0.2) is 35.9 Å². The van der Waals surface area contributed by atoms with Gasteiger partial charge in [-0.25, -0.2) is 0 Å². The Morgan fingerprint density at radius 2 is 1.93 bits per heavy atom. The Morgan fingerprint density at radius 1 is 1.43 bits per heavy atom. The monoisotopic (exact) mass is 204 g/mol. The highest BCUT2D eigenvalue weighted by atomic mass is 16.6. The van der Waals surface area contributed by atoms with Gasteiger partial charge in [0.25, 0.3) is 0 Å². The van der Waals surface area contributed by atoms with E-state index in [1.165, 1.54) is 27.9 Å². The quantitative estimate of drug-likeness (QED) is 0.513. The maximum absolute atomic E-state index is 11.0. The number of ketones is 1. The fourth-order valence-corrected chi connectivity index (χ4v) is 0.851. The van der Waals surface area contributed by atoms with E-state index < -0.39 is 17.9 Å². The number of esters is 1. The first-order valence-electron chi connectivity index (χ1n) is 4.23. The standard InChI is InChI=1S/C9H16O5/c1-6(10)7(5-8(11)13-4)14-9(2,3)12/h7,12H,5H2,1-4H3/t7-/m1/s1. The Bertz CT molecular complexity index is 216. The summed E-state index contributed by atoms with van der Waals surface area (Å²) in [5.41, 5.74) is 0. The maximum atomic E-state index is 11.0. The van der Waals surface area contributed by atoms with Crippen LogP contribution < -0.4 is 0 Å². The van der Waals surface area contributed by atoms with E-state index in [2.05, 4.69) is 4.74 Å². The molecule has 5 nitrogen and oxygen atoms in total. The molecule has 0 saturated heterocycles. The van der Waals surface area contributed by atoms with E-state index >= 15 is 0 Å². The van der Waals surface area contributed by atoms with Crippen molar-refractivity contribution in [1.29, 1.82) is 0 Å². The Hall–Kier alpha value is -0.940. The number of Topliss-reactive ketones (excluding diaryl/α,β-unsaturated/α-hetero) is 1. The summed E-state index contributed by atoms with van der Waals surface area (Å²) in [7, 11) is 1.23. The van der Waals surface area contributed by atoms with Gasteiger partial charge >= 0.3 is 5.97 Å². The molecule has 0 aliphatic heterocycles. The molecule has 0 amide bonds. The predicted octanol–water partition coefficient (Wildman–Crippen LogP) is 0.252. The fourth-order valence-electron chi connectivity index (χ4n) is 0.851. The van der Waals surface area contributed by atoms with Crippen LogP contribution in [0.1, 0.15) is 27.2 Å². The zero-order chi connectivity index (χ0) is 11.4. The Labute approximate surface area is 83.0 Å². The lowest BCUT2D eigenvalue weighted by Crippen LogP contribution is -2.35. The second kappa shape index (κ2) is 5.07. The molecular formula is C9H16O5. The lowest BCUT2D eigenvalue weighted by Gasteiger charge is -2.23. The van der Waals surface area contributed by atoms with Crippen molar-refractivity contribution in [2.24, 2.45) is 0 Å². The molecule has 0 saturated carbocycles. The molecule has 0 unspecified atom stereocenters. The van der Waals surface area contributed by atoms with Gasteiger partial charge in [0, 0.05) is 0 Å². The highest BCUT2D eigenvalue weighted by Crippen LogP contribution is 2.12. The van der Waals surface area contributed by atoms with Crippen molar-refractivity contribution in [2.45, 2.75) is 39.1 Å². The fraction of sp³-hybridized carbons (Fsp3) is 0.778. The normalized spacial score (nSPS) is 13.5. The van der Waals surface area contributed by atoms with Crippen LogP contribution in [0.2, 0.25) is 0 Å². The minimum absolute atomic E-state index is 0.185. The third-order valence-corrected chi connectivity index (χ3v) is 1.46. The number of hydrogen-bond donors (Lipinski definition) is 1. The molecule has 0 aliphatic carbocycles. The van der Waals surface area contributed by atoms with Gasteiger partial charge in [0.2, 0.25) is 0 Å². The lowest BCUT2D eigenvalue weighted by molar-refractivity contribution is -0.208. The number of carbonyl (C=O) groups excluding carboxylic acids is 2. The number of ether oxygens (including phenoxy) is 2. The van der Waals surface area contributed by atoms with Gasteiger partial charge < -0.3 is 14.6 Å². The summed E-state index contributed by atoms with van der Waals surface area (Å²) in [4.78, 5) is 21.9. The molecule has 5 heteroatoms. The molecule has 1 atom stereocenters. The predicted molar refractivity (Wildman–Crippen MR) is 48.5 cm³/mol. The average molecular weight is 204 g/mol. The Kier molecular flexibility index (Phi) is 4.73. The number of hydrogen-bond acceptors (Lipinski definition) is 5. The van der Waals surface area contributed by atoms with Gasteiger partial charge in [-0.1, -0.05) is 0 Å². The Morgan fingerprint density at radius 3 is 2.21 bits per heavy atom. The first kappa shape index (κ1) is 13.1. The third kappa shape index (κ3) is 5.66. The van der Waals surface area contributed by atoms with Crippen molar-refractivity contribution in [3.63, 3.8) is 0 Å². The summed E-state index contributed by atoms with van der Waals surface area (Å²) < 4.78 is 9.37. The van der Waals surface area contributed by atoms with Crippen LogP contribution in [0.15, 0.2) is 0 Å². The van der Waals surface area contributed by atoms with E-state index in [1.807, 2.05) is 0 Å². The Balaban J connectivity index is 4.31. The minimum Gasteiger partial charge on any atom is -0.469 e. The molecule has 82 valence electrons. The van der Waals surface area contributed by atoms with Crippen molar-refractivity contribution in [2.75, 3.05) is 7.11 Å². The largest absolute Gasteiger partial charge is 0.469 e. The molecule has 0 heterocycles. The van der Waals surface area contributed by atoms with Crippen LogP contribution in [-0.2, 0) is 19.1 Å². The SMILES string of the molecule is COC(=O)C[C@@H](OC(C)(C)O)C(C)=O. The second-order valence-electron chi connectivity index (χ2n) is 3.44. The van der Waals surface area contributed by atoms with E-state index in [0.717, 1.165) is 0 Å². The van der Waals surface area contributed by atoms with Crippen LogP contribution in [0, 0.1) is 0 Å². The van der Waals surface area contributed by atoms with Crippen molar-refractivity contribution >= 4 is 11.8 Å². The van der Waals surface area contributed by atoms with Crippen LogP contribution in [0.4, 0.5) is 0 Å². The smallest absolute Gasteiger partial charge is 0.308 e. The molecule has 0 fully saturated rings. The van der Waals surface area contributed by atoms with Gasteiger partial charge in [0.1, 0.15) is 6.10 Å². The van der Waals surface area contributed by atoms with Gasteiger partial charge in [-0.3, -0.25) is 9.59 Å². The topological polar surface area (TPSA) is 72.8 Å². The van der Waals surface area contributed by atoms with Gasteiger partial charge in [0.05, 0.1) is 13.5 Å². The summed E-state index contributed by atoms with van der Waals surface area (Å²) >= 11 is 0. The first-order valence-corrected chi connectivity index (χ1v) is 4.23. The number of carbonyl (C=O) groups is 2. The summed E-state index contributed by atoms with van der Waals surface area (Å²) in [6.45, 7) is 4.07. The molecule has 0 aromatic heterocycles. The van der Waals surface area contributed by atoms with Gasteiger partial charge in [-0.15, -0.1) is 0 Å². The van der Waals surface area contributed by atoms with Crippen molar-refractivity contribution in [1.82, 2.24) is 0 Å². The lowest BCUT2D eigenvalue weighted by atomic mass is 10.2. The average Bonchev–Trinajstić information content (AvgIpc) is 2.00. The second-order valence-corrected chi connectivity index (χ2v) is 3.44. The van der Waals surface area contributed by atoms with Crippen LogP contribution >= 0.6 is 0 Å². The van der Waals surface area contributed by atoms with Gasteiger partial charge in [-0.05, 0) is 20.8 Å². The highest BCUT2D eigenvalue weighted by molar-refractivity contribution is 5.85. The van der Waals surface area contributed by atoms with Crippen molar-refractivity contribution in [3.8, 4) is 0 Å². The van der Waals surface area contributed by atoms with Crippen LogP contribution in [0.5, 0.6) is 0 Å². The van der Waals surface area contributed by atoms with Crippen molar-refractivity contribution in [3.05, 3.63) is 0 Å². The van der Waals surface area contributed by atoms with Crippen LogP contribution in [0.25, 0.3) is 0 Å². The van der Waals surface area contributed by atoms with E-state index in [1.54, 1.807) is 0 Å². The number of rotatable bonds is 5. The molecule has 0 radical (unpaired) electrons. The van der Waals surface area contributed by atoms with Crippen molar-refractivity contribution < 1.29 is 24.2 Å². The molecule has 0 aromatic carbocycles. The molecule has 0 aromatic rings. The molecule has 0 rings (SSSR count). The summed E-state index contributed by atoms with van der Waals surface area (Å²) in [5.74, 6) is -2.31. The van der Waals surface area contributed by atoms with E-state index in [9.17, 15) is 14.7 Å². The maximum Gasteiger partial charge on any atom is 0.308 e. The van der Waals surface area contributed by atoms with Gasteiger partial charge in [0.15, 0.2) is 11.6 Å². The molecule has 14 heavy (non-hydrogen) atoms. The third-order valence-electron chi connectivity index (χ3n) is 1.46. The zero-order valence-electron chi connectivity index (χ0n) is 8.86. The van der Waals surface area contributed by atoms with E-state index in [4.69, 9.17) is 4.74 Å². The summed E-state index contributed by atoms with van der Waals surface area (Å²) in [6, 6.07) is 0. The summed E-state index contributed by atoms with van der Waals surface area (Å²) in [5, 5.41) is 9.30. The highest BCUT2D eigenvalue weighted by Gasteiger charge is 2.26. The molecule has 0 bridgehead atoms. The van der Waals surface area contributed by atoms with Crippen LogP contribution in [0.3, 0.4) is 0 Å². The first-order chi connectivity index (χ1) is 6.26. The summed E-state index contributed by atoms with van der Waals surface area (Å²) in [6.07, 6.45) is -1.14. The van der Waals surface area contributed by atoms with Gasteiger partial charge in [-0.2, -0.15) is 0 Å². The van der Waals surface area contributed by atoms with E-state index in [-0.39, 0.29) is 12.2 Å². The van der Waals surface area contributed by atoms with E-state index in [0.29, 0.717) is 0 Å². The zero-order valence-corrected chi connectivity index (χ0v) is 8.86. The number of methoxy groups -OCH3 is 1. The molecule has 1 N–H and O–H groups in total. The molecule has 0 aliphatic rings. The molecule has 0 spiro atoms. The number of aliphatic hydroxyl groups is 1. The molecular weight excluding hydrogens is 188 g/mol. The minimum atomic E-state index is -1.44.